The molecule has 1 heterocycles. The van der Waals surface area contributed by atoms with Gasteiger partial charge in [0.2, 0.25) is 10.0 Å². The van der Waals surface area contributed by atoms with Crippen molar-refractivity contribution in [1.29, 1.82) is 0 Å². The summed E-state index contributed by atoms with van der Waals surface area (Å²) >= 11 is 0. The van der Waals surface area contributed by atoms with Gasteiger partial charge in [0.05, 0.1) is 17.9 Å². The van der Waals surface area contributed by atoms with Crippen LogP contribution in [0.1, 0.15) is 18.9 Å². The molecule has 1 fully saturated rings. The van der Waals surface area contributed by atoms with Crippen LogP contribution >= 0.6 is 0 Å². The normalized spacial score (nSPS) is 24.7. The lowest BCUT2D eigenvalue weighted by Crippen LogP contribution is -2.42. The fourth-order valence-electron chi connectivity index (χ4n) is 2.67. The van der Waals surface area contributed by atoms with E-state index in [1.165, 1.54) is 0 Å². The fraction of sp³-hybridized carbons (Fsp3) is 0.571. The summed E-state index contributed by atoms with van der Waals surface area (Å²) in [7, 11) is -1.50. The Bertz CT molecular complexity index is 501. The Kier molecular flexibility index (Phi) is 4.60. The highest BCUT2D eigenvalue weighted by Crippen LogP contribution is 2.26. The molecule has 0 amide bonds. The molecule has 0 spiro atoms. The second-order valence-corrected chi connectivity index (χ2v) is 7.04. The van der Waals surface area contributed by atoms with Gasteiger partial charge in [-0.2, -0.15) is 4.31 Å². The van der Waals surface area contributed by atoms with Crippen molar-refractivity contribution >= 4 is 10.0 Å². The first-order valence-corrected chi connectivity index (χ1v) is 8.25. The molecule has 0 unspecified atom stereocenters. The molecule has 1 aromatic carbocycles. The molecule has 0 saturated carbocycles. The lowest BCUT2D eigenvalue weighted by Gasteiger charge is -2.26. The Morgan fingerprint density at radius 1 is 1.32 bits per heavy atom. The van der Waals surface area contributed by atoms with E-state index < -0.39 is 10.0 Å². The molecule has 1 aliphatic heterocycles. The number of benzene rings is 1. The summed E-state index contributed by atoms with van der Waals surface area (Å²) in [5.41, 5.74) is 1.15. The zero-order valence-electron chi connectivity index (χ0n) is 11.5. The topological polar surface area (TPSA) is 46.6 Å². The van der Waals surface area contributed by atoms with Gasteiger partial charge in [-0.15, -0.1) is 0 Å². The van der Waals surface area contributed by atoms with Crippen molar-refractivity contribution in [3.63, 3.8) is 0 Å². The number of rotatable bonds is 5. The average molecular weight is 283 g/mol. The molecule has 0 N–H and O–H groups in total. The summed E-state index contributed by atoms with van der Waals surface area (Å²) in [5, 5.41) is 0. The molecule has 106 valence electrons. The van der Waals surface area contributed by atoms with E-state index in [2.05, 4.69) is 0 Å². The van der Waals surface area contributed by atoms with Crippen molar-refractivity contribution < 1.29 is 13.2 Å². The lowest BCUT2D eigenvalue weighted by molar-refractivity contribution is 0.0810. The maximum Gasteiger partial charge on any atom is 0.214 e. The molecule has 1 saturated heterocycles. The van der Waals surface area contributed by atoms with E-state index in [0.29, 0.717) is 13.0 Å². The molecule has 5 heteroatoms. The molecule has 4 nitrogen and oxygen atoms in total. The van der Waals surface area contributed by atoms with E-state index in [1.54, 1.807) is 18.3 Å². The monoisotopic (exact) mass is 283 g/mol. The fourth-order valence-corrected chi connectivity index (χ4v) is 4.01. The molecular weight excluding hydrogens is 262 g/mol. The number of hydrogen-bond acceptors (Lipinski definition) is 3. The minimum atomic E-state index is -3.16. The third-order valence-electron chi connectivity index (χ3n) is 3.75. The average Bonchev–Trinajstić information content (AvgIpc) is 2.83. The molecular formula is C14H21NO3S. The zero-order valence-corrected chi connectivity index (χ0v) is 12.3. The summed E-state index contributed by atoms with van der Waals surface area (Å²) in [5.74, 6) is 0.148. The predicted octanol–water partition coefficient (Wildman–Crippen LogP) is 1.67. The number of ether oxygens (including phenoxy) is 1. The van der Waals surface area contributed by atoms with Crippen molar-refractivity contribution in [1.82, 2.24) is 4.31 Å². The lowest BCUT2D eigenvalue weighted by atomic mass is 10.0. The highest BCUT2D eigenvalue weighted by molar-refractivity contribution is 7.89. The molecule has 1 aliphatic rings. The van der Waals surface area contributed by atoms with Gasteiger partial charge in [-0.25, -0.2) is 8.42 Å². The highest BCUT2D eigenvalue weighted by atomic mass is 32.2. The zero-order chi connectivity index (χ0) is 13.9. The molecule has 0 radical (unpaired) electrons. The number of nitrogens with zero attached hydrogens (tertiary/aromatic N) is 1. The van der Waals surface area contributed by atoms with Gasteiger partial charge < -0.3 is 4.74 Å². The van der Waals surface area contributed by atoms with Crippen LogP contribution in [-0.2, 0) is 21.2 Å². The largest absolute Gasteiger partial charge is 0.380 e. The molecule has 0 aromatic heterocycles. The molecule has 19 heavy (non-hydrogen) atoms. The van der Waals surface area contributed by atoms with Gasteiger partial charge in [0.1, 0.15) is 0 Å². The van der Waals surface area contributed by atoms with Crippen LogP contribution in [0.25, 0.3) is 0 Å². The minimum absolute atomic E-state index is 0.0125. The summed E-state index contributed by atoms with van der Waals surface area (Å²) < 4.78 is 31.3. The van der Waals surface area contributed by atoms with Gasteiger partial charge >= 0.3 is 0 Å². The van der Waals surface area contributed by atoms with Crippen molar-refractivity contribution in [2.75, 3.05) is 19.4 Å². The molecule has 2 atom stereocenters. The Morgan fingerprint density at radius 2 is 2.00 bits per heavy atom. The van der Waals surface area contributed by atoms with Crippen molar-refractivity contribution in [2.45, 2.75) is 31.9 Å². The highest BCUT2D eigenvalue weighted by Gasteiger charge is 2.40. The number of sulfonamides is 1. The van der Waals surface area contributed by atoms with Crippen LogP contribution in [0.15, 0.2) is 30.3 Å². The summed E-state index contributed by atoms with van der Waals surface area (Å²) in [4.78, 5) is 0. The van der Waals surface area contributed by atoms with E-state index in [1.807, 2.05) is 30.3 Å². The molecule has 1 aromatic rings. The van der Waals surface area contributed by atoms with Crippen molar-refractivity contribution in [2.24, 2.45) is 0 Å². The Morgan fingerprint density at radius 3 is 2.58 bits per heavy atom. The second kappa shape index (κ2) is 6.03. The van der Waals surface area contributed by atoms with Gasteiger partial charge in [0.25, 0.3) is 0 Å². The van der Waals surface area contributed by atoms with Crippen LogP contribution < -0.4 is 0 Å². The second-order valence-electron chi connectivity index (χ2n) is 4.83. The Labute approximate surface area is 115 Å². The van der Waals surface area contributed by atoms with E-state index in [4.69, 9.17) is 4.74 Å². The van der Waals surface area contributed by atoms with Crippen LogP contribution in [0.3, 0.4) is 0 Å². The van der Waals surface area contributed by atoms with Crippen LogP contribution in [0.4, 0.5) is 0 Å². The maximum absolute atomic E-state index is 12.1. The smallest absolute Gasteiger partial charge is 0.214 e. The van der Waals surface area contributed by atoms with Gasteiger partial charge in [-0.1, -0.05) is 30.3 Å². The van der Waals surface area contributed by atoms with Gasteiger partial charge in [0, 0.05) is 13.7 Å². The van der Waals surface area contributed by atoms with E-state index in [-0.39, 0.29) is 17.9 Å². The van der Waals surface area contributed by atoms with Crippen LogP contribution in [0.5, 0.6) is 0 Å². The summed E-state index contributed by atoms with van der Waals surface area (Å²) in [6, 6.07) is 9.89. The first kappa shape index (κ1) is 14.5. The van der Waals surface area contributed by atoms with Crippen molar-refractivity contribution in [3.8, 4) is 0 Å². The Balaban J connectivity index is 2.22. The number of hydrogen-bond donors (Lipinski definition) is 0. The summed E-state index contributed by atoms with van der Waals surface area (Å²) in [6.07, 6.45) is 1.47. The van der Waals surface area contributed by atoms with Gasteiger partial charge in [0.15, 0.2) is 0 Å². The standard InChI is InChI=1S/C14H21NO3S/c1-3-19(16,17)15-10-9-14(18-2)13(15)11-12-7-5-4-6-8-12/h4-8,13-14H,3,9-11H2,1-2H3/t13-,14-/m1/s1. The SMILES string of the molecule is CCS(=O)(=O)N1CC[C@@H](OC)[C@H]1Cc1ccccc1. The van der Waals surface area contributed by atoms with Gasteiger partial charge in [-0.05, 0) is 25.3 Å². The van der Waals surface area contributed by atoms with E-state index >= 15 is 0 Å². The third-order valence-corrected chi connectivity index (χ3v) is 5.64. The van der Waals surface area contributed by atoms with Crippen LogP contribution in [0, 0.1) is 0 Å². The van der Waals surface area contributed by atoms with E-state index in [9.17, 15) is 8.42 Å². The van der Waals surface area contributed by atoms with E-state index in [0.717, 1.165) is 12.0 Å². The Hall–Kier alpha value is -0.910. The molecule has 0 aliphatic carbocycles. The van der Waals surface area contributed by atoms with Gasteiger partial charge in [-0.3, -0.25) is 0 Å². The molecule has 2 rings (SSSR count). The summed E-state index contributed by atoms with van der Waals surface area (Å²) in [6.45, 7) is 2.25. The quantitative estimate of drug-likeness (QED) is 0.826. The first-order chi connectivity index (χ1) is 9.08. The first-order valence-electron chi connectivity index (χ1n) is 6.64. The minimum Gasteiger partial charge on any atom is -0.380 e. The predicted molar refractivity (Wildman–Crippen MR) is 75.5 cm³/mol. The van der Waals surface area contributed by atoms with Crippen LogP contribution in [-0.4, -0.2) is 44.3 Å². The molecule has 0 bridgehead atoms. The maximum atomic E-state index is 12.1. The number of methoxy groups -OCH3 is 1. The van der Waals surface area contributed by atoms with Crippen LogP contribution in [0.2, 0.25) is 0 Å². The third kappa shape index (κ3) is 3.16. The van der Waals surface area contributed by atoms with Crippen molar-refractivity contribution in [3.05, 3.63) is 35.9 Å².